The van der Waals surface area contributed by atoms with Gasteiger partial charge in [-0.25, -0.2) is 4.79 Å². The lowest BCUT2D eigenvalue weighted by molar-refractivity contribution is -0.162. The molecule has 1 aliphatic rings. The Labute approximate surface area is 111 Å². The molecular weight excluding hydrogens is 246 g/mol. The van der Waals surface area contributed by atoms with Gasteiger partial charge in [-0.15, -0.1) is 0 Å². The van der Waals surface area contributed by atoms with E-state index in [1.54, 1.807) is 19.1 Å². The van der Waals surface area contributed by atoms with Crippen molar-refractivity contribution in [3.63, 3.8) is 0 Å². The third-order valence-electron chi connectivity index (χ3n) is 2.90. The van der Waals surface area contributed by atoms with Crippen LogP contribution in [0.3, 0.4) is 0 Å². The third-order valence-corrected chi connectivity index (χ3v) is 2.90. The number of amides is 1. The first kappa shape index (κ1) is 13.5. The Balaban J connectivity index is 1.83. The van der Waals surface area contributed by atoms with E-state index < -0.39 is 18.2 Å². The molecule has 0 radical (unpaired) electrons. The first-order valence-corrected chi connectivity index (χ1v) is 6.35. The van der Waals surface area contributed by atoms with Crippen molar-refractivity contribution in [3.8, 4) is 0 Å². The molecule has 1 amide bonds. The van der Waals surface area contributed by atoms with Gasteiger partial charge in [-0.05, 0) is 31.9 Å². The zero-order valence-corrected chi connectivity index (χ0v) is 10.8. The summed E-state index contributed by atoms with van der Waals surface area (Å²) >= 11 is 0. The zero-order chi connectivity index (χ0) is 13.7. The van der Waals surface area contributed by atoms with E-state index in [1.165, 1.54) is 0 Å². The molecule has 1 fully saturated rings. The molecule has 5 nitrogen and oxygen atoms in total. The van der Waals surface area contributed by atoms with Crippen LogP contribution in [0, 0.1) is 0 Å². The highest BCUT2D eigenvalue weighted by atomic mass is 16.6. The molecule has 1 aromatic carbocycles. The standard InChI is InChI=1S/C14H17NO4/c1-10(19-14(17)12-8-5-9-18-12)13(16)15-11-6-3-2-4-7-11/h2-4,6-7,10,12H,5,8-9H2,1H3,(H,15,16)/t10-,12-/m1/s1. The second kappa shape index (κ2) is 6.33. The van der Waals surface area contributed by atoms with E-state index in [2.05, 4.69) is 5.32 Å². The summed E-state index contributed by atoms with van der Waals surface area (Å²) in [5, 5.41) is 2.68. The number of rotatable bonds is 4. The number of carbonyl (C=O) groups excluding carboxylic acids is 2. The Bertz CT molecular complexity index is 440. The molecule has 102 valence electrons. The normalized spacial score (nSPS) is 19.7. The third kappa shape index (κ3) is 3.79. The molecule has 0 saturated carbocycles. The van der Waals surface area contributed by atoms with E-state index in [9.17, 15) is 9.59 Å². The SMILES string of the molecule is C[C@@H](OC(=O)[C@H]1CCCO1)C(=O)Nc1ccccc1. The highest BCUT2D eigenvalue weighted by Gasteiger charge is 2.28. The molecule has 2 rings (SSSR count). The van der Waals surface area contributed by atoms with Gasteiger partial charge in [0.05, 0.1) is 0 Å². The maximum Gasteiger partial charge on any atom is 0.336 e. The van der Waals surface area contributed by atoms with Crippen LogP contribution < -0.4 is 5.32 Å². The van der Waals surface area contributed by atoms with Crippen LogP contribution in [0.2, 0.25) is 0 Å². The van der Waals surface area contributed by atoms with Crippen molar-refractivity contribution in [1.29, 1.82) is 0 Å². The number of nitrogens with one attached hydrogen (secondary N) is 1. The van der Waals surface area contributed by atoms with Crippen LogP contribution in [0.1, 0.15) is 19.8 Å². The van der Waals surface area contributed by atoms with Crippen molar-refractivity contribution in [3.05, 3.63) is 30.3 Å². The van der Waals surface area contributed by atoms with E-state index in [0.29, 0.717) is 18.7 Å². The van der Waals surface area contributed by atoms with Crippen LogP contribution in [0.5, 0.6) is 0 Å². The second-order valence-corrected chi connectivity index (χ2v) is 4.44. The zero-order valence-electron chi connectivity index (χ0n) is 10.8. The number of carbonyl (C=O) groups is 2. The van der Waals surface area contributed by atoms with Crippen molar-refractivity contribution in [2.24, 2.45) is 0 Å². The van der Waals surface area contributed by atoms with Gasteiger partial charge < -0.3 is 14.8 Å². The Morgan fingerprint density at radius 2 is 2.11 bits per heavy atom. The molecule has 1 saturated heterocycles. The fourth-order valence-electron chi connectivity index (χ4n) is 1.83. The topological polar surface area (TPSA) is 64.6 Å². The molecule has 0 unspecified atom stereocenters. The molecular formula is C14H17NO4. The molecule has 1 aromatic rings. The van der Waals surface area contributed by atoms with Crippen LogP contribution in [-0.4, -0.2) is 30.7 Å². The van der Waals surface area contributed by atoms with E-state index in [1.807, 2.05) is 18.2 Å². The number of ether oxygens (including phenoxy) is 2. The largest absolute Gasteiger partial charge is 0.451 e. The summed E-state index contributed by atoms with van der Waals surface area (Å²) in [6, 6.07) is 9.03. The summed E-state index contributed by atoms with van der Waals surface area (Å²) in [6.07, 6.45) is 0.153. The van der Waals surface area contributed by atoms with E-state index in [-0.39, 0.29) is 5.91 Å². The number of hydrogen-bond acceptors (Lipinski definition) is 4. The lowest BCUT2D eigenvalue weighted by Crippen LogP contribution is -2.33. The van der Waals surface area contributed by atoms with Crippen LogP contribution in [-0.2, 0) is 19.1 Å². The summed E-state index contributed by atoms with van der Waals surface area (Å²) in [4.78, 5) is 23.5. The average Bonchev–Trinajstić information content (AvgIpc) is 2.93. The molecule has 1 aliphatic heterocycles. The molecule has 0 aliphatic carbocycles. The van der Waals surface area contributed by atoms with Crippen molar-refractivity contribution in [2.45, 2.75) is 32.0 Å². The summed E-state index contributed by atoms with van der Waals surface area (Å²) in [6.45, 7) is 2.12. The van der Waals surface area contributed by atoms with Crippen LogP contribution >= 0.6 is 0 Å². The molecule has 0 bridgehead atoms. The van der Waals surface area contributed by atoms with Gasteiger partial charge in [-0.1, -0.05) is 18.2 Å². The first-order chi connectivity index (χ1) is 9.16. The minimum atomic E-state index is -0.836. The Kier molecular flexibility index (Phi) is 4.52. The lowest BCUT2D eigenvalue weighted by atomic mass is 10.2. The number of anilines is 1. The second-order valence-electron chi connectivity index (χ2n) is 4.44. The van der Waals surface area contributed by atoms with Crippen molar-refractivity contribution in [1.82, 2.24) is 0 Å². The maximum atomic E-state index is 11.8. The minimum absolute atomic E-state index is 0.349. The predicted molar refractivity (Wildman–Crippen MR) is 69.6 cm³/mol. The lowest BCUT2D eigenvalue weighted by Gasteiger charge is -2.15. The van der Waals surface area contributed by atoms with Gasteiger partial charge in [0.15, 0.2) is 12.2 Å². The number of hydrogen-bond donors (Lipinski definition) is 1. The Hall–Kier alpha value is -1.88. The van der Waals surface area contributed by atoms with Gasteiger partial charge in [-0.2, -0.15) is 0 Å². The molecule has 0 spiro atoms. The van der Waals surface area contributed by atoms with Gasteiger partial charge in [0.1, 0.15) is 0 Å². The molecule has 5 heteroatoms. The summed E-state index contributed by atoms with van der Waals surface area (Å²) in [7, 11) is 0. The maximum absolute atomic E-state index is 11.8. The molecule has 19 heavy (non-hydrogen) atoms. The van der Waals surface area contributed by atoms with Crippen LogP contribution in [0.15, 0.2) is 30.3 Å². The highest BCUT2D eigenvalue weighted by molar-refractivity contribution is 5.95. The Morgan fingerprint density at radius 1 is 1.37 bits per heavy atom. The molecule has 1 heterocycles. The summed E-state index contributed by atoms with van der Waals surface area (Å²) in [5.41, 5.74) is 0.674. The van der Waals surface area contributed by atoms with E-state index in [0.717, 1.165) is 6.42 Å². The molecule has 2 atom stereocenters. The molecule has 0 aromatic heterocycles. The summed E-state index contributed by atoms with van der Waals surface area (Å²) < 4.78 is 10.3. The van der Waals surface area contributed by atoms with E-state index >= 15 is 0 Å². The summed E-state index contributed by atoms with van der Waals surface area (Å²) in [5.74, 6) is -0.814. The van der Waals surface area contributed by atoms with Crippen LogP contribution in [0.4, 0.5) is 5.69 Å². The Morgan fingerprint density at radius 3 is 2.74 bits per heavy atom. The van der Waals surface area contributed by atoms with Gasteiger partial charge in [-0.3, -0.25) is 4.79 Å². The van der Waals surface area contributed by atoms with Crippen LogP contribution in [0.25, 0.3) is 0 Å². The monoisotopic (exact) mass is 263 g/mol. The highest BCUT2D eigenvalue weighted by Crippen LogP contribution is 2.14. The quantitative estimate of drug-likeness (QED) is 0.840. The van der Waals surface area contributed by atoms with Gasteiger partial charge in [0.2, 0.25) is 0 Å². The predicted octanol–water partition coefficient (Wildman–Crippen LogP) is 1.74. The number of esters is 1. The van der Waals surface area contributed by atoms with Gasteiger partial charge in [0.25, 0.3) is 5.91 Å². The van der Waals surface area contributed by atoms with E-state index in [4.69, 9.17) is 9.47 Å². The average molecular weight is 263 g/mol. The van der Waals surface area contributed by atoms with Gasteiger partial charge in [0, 0.05) is 12.3 Å². The van der Waals surface area contributed by atoms with Gasteiger partial charge >= 0.3 is 5.97 Å². The van der Waals surface area contributed by atoms with Crippen molar-refractivity contribution < 1.29 is 19.1 Å². The number of para-hydroxylation sites is 1. The number of benzene rings is 1. The fraction of sp³-hybridized carbons (Fsp3) is 0.429. The van der Waals surface area contributed by atoms with Crippen molar-refractivity contribution >= 4 is 17.6 Å². The fourth-order valence-corrected chi connectivity index (χ4v) is 1.83. The van der Waals surface area contributed by atoms with Crippen molar-refractivity contribution in [2.75, 3.05) is 11.9 Å². The molecule has 1 N–H and O–H groups in total. The smallest absolute Gasteiger partial charge is 0.336 e. The first-order valence-electron chi connectivity index (χ1n) is 6.35. The minimum Gasteiger partial charge on any atom is -0.451 e.